The molecule has 0 saturated heterocycles. The smallest absolute Gasteiger partial charge is 0.357 e. The van der Waals surface area contributed by atoms with Crippen molar-refractivity contribution >= 4 is 130 Å². The molecule has 1 aromatic heterocycles. The first-order valence-electron chi connectivity index (χ1n) is 14.0. The number of nitrogen functional groups attached to an aromatic ring is 1. The lowest BCUT2D eigenvalue weighted by molar-refractivity contribution is -0.432. The van der Waals surface area contributed by atoms with E-state index in [1.54, 1.807) is 0 Å². The minimum absolute atomic E-state index is 0.0534. The second-order valence-electron chi connectivity index (χ2n) is 10.0. The Morgan fingerprint density at radius 1 is 0.772 bits per heavy atom. The molecule has 5 aromatic rings. The van der Waals surface area contributed by atoms with E-state index in [0.717, 1.165) is 30.3 Å². The molecular formula is C25H17Cl2N9O16S5. The average Bonchev–Trinajstić information content (AvgIpc) is 3.11. The van der Waals surface area contributed by atoms with Crippen molar-refractivity contribution in [2.75, 3.05) is 11.1 Å². The second kappa shape index (κ2) is 18.4. The zero-order valence-corrected chi connectivity index (χ0v) is 32.5. The van der Waals surface area contributed by atoms with E-state index in [1.165, 1.54) is 18.2 Å². The van der Waals surface area contributed by atoms with Crippen LogP contribution in [-0.2, 0) is 50.3 Å². The topological polar surface area (TPSA) is 379 Å². The summed E-state index contributed by atoms with van der Waals surface area (Å²) in [5, 5.41) is 53.3. The maximum Gasteiger partial charge on any atom is 0.357 e. The van der Waals surface area contributed by atoms with Crippen molar-refractivity contribution in [1.82, 2.24) is 15.0 Å². The third kappa shape index (κ3) is 10.9. The van der Waals surface area contributed by atoms with Crippen molar-refractivity contribution in [2.45, 2.75) is 19.6 Å². The number of phenols is 1. The Hall–Kier alpha value is -4.48. The van der Waals surface area contributed by atoms with Gasteiger partial charge in [-0.1, -0.05) is 10.1 Å². The van der Waals surface area contributed by atoms with Crippen molar-refractivity contribution in [3.8, 4) is 11.5 Å². The molecule has 25 nitrogen and oxygen atoms in total. The number of nitrogens with two attached hydrogens (primary N) is 1. The highest BCUT2D eigenvalue weighted by Gasteiger charge is 2.26. The number of nitrogens with one attached hydrogen (secondary N) is 1. The van der Waals surface area contributed by atoms with Gasteiger partial charge in [0.15, 0.2) is 5.75 Å². The fraction of sp³-hybridized carbons (Fsp3) is 0. The van der Waals surface area contributed by atoms with E-state index in [1.807, 2.05) is 0 Å². The number of azo groups is 2. The molecule has 0 bridgehead atoms. The standard InChI is InChI=1S/C25H17Cl2N9O16S5/c26-23-30-24(27)32-25(31-23)29-10-1-3-14(53-51-49-38)12(7-10)33-36-21-17(57(45,46)47)6-9-5-15(54-52-50-39)20(19(28)18(9)22(21)37)35-34-13-8-11(48-55(40)41)2-4-16(13)56(42,43)44/h1-8,37-39H,28H2,(H,40,41)(H,42,43,44)(H,45,46,47)(H,29,30,31,32)/b35-34+,36-33?. The highest BCUT2D eigenvalue weighted by molar-refractivity contribution is 7.95. The van der Waals surface area contributed by atoms with Crippen LogP contribution in [-0.4, -0.2) is 65.3 Å². The van der Waals surface area contributed by atoms with Gasteiger partial charge in [-0.15, -0.1) is 29.1 Å². The summed E-state index contributed by atoms with van der Waals surface area (Å²) < 4.78 is 103. The summed E-state index contributed by atoms with van der Waals surface area (Å²) in [5.74, 6) is -1.56. The van der Waals surface area contributed by atoms with Crippen LogP contribution in [0.4, 0.5) is 40.1 Å². The molecule has 1 unspecified atom stereocenters. The van der Waals surface area contributed by atoms with Gasteiger partial charge in [-0.05, 0) is 71.1 Å². The van der Waals surface area contributed by atoms with Gasteiger partial charge in [0.25, 0.3) is 20.2 Å². The molecule has 0 amide bonds. The van der Waals surface area contributed by atoms with E-state index >= 15 is 0 Å². The van der Waals surface area contributed by atoms with Crippen LogP contribution in [0.2, 0.25) is 10.6 Å². The zero-order chi connectivity index (χ0) is 41.7. The molecule has 0 saturated carbocycles. The molecule has 1 atom stereocenters. The molecule has 4 aromatic carbocycles. The number of fused-ring (bicyclic) bond motifs is 1. The summed E-state index contributed by atoms with van der Waals surface area (Å²) in [6, 6.07) is 8.38. The summed E-state index contributed by atoms with van der Waals surface area (Å²) in [6.45, 7) is 0. The number of nitrogens with zero attached hydrogens (tertiary/aromatic N) is 7. The minimum atomic E-state index is -5.24. The molecule has 302 valence electrons. The van der Waals surface area contributed by atoms with Crippen LogP contribution in [0.15, 0.2) is 88.6 Å². The molecule has 9 N–H and O–H groups in total. The van der Waals surface area contributed by atoms with E-state index in [4.69, 9.17) is 44.0 Å². The quantitative estimate of drug-likeness (QED) is 0.00933. The number of hydrogen-bond donors (Lipinski definition) is 8. The molecule has 0 spiro atoms. The van der Waals surface area contributed by atoms with Crippen LogP contribution >= 0.6 is 47.3 Å². The number of benzene rings is 4. The number of aromatic nitrogens is 3. The maximum absolute atomic E-state index is 12.6. The highest BCUT2D eigenvalue weighted by atomic mass is 35.5. The normalized spacial score (nSPS) is 12.8. The summed E-state index contributed by atoms with van der Waals surface area (Å²) in [5.41, 5.74) is 3.76. The fourth-order valence-corrected chi connectivity index (χ4v) is 7.28. The molecule has 0 radical (unpaired) electrons. The predicted molar refractivity (Wildman–Crippen MR) is 197 cm³/mol. The number of phenolic OH excluding ortho intramolecular Hbond substituents is 1. The Bertz CT molecular complexity index is 2660. The molecule has 0 aliphatic carbocycles. The lowest BCUT2D eigenvalue weighted by atomic mass is 10.1. The van der Waals surface area contributed by atoms with Crippen molar-refractivity contribution in [3.05, 3.63) is 59.1 Å². The summed E-state index contributed by atoms with van der Waals surface area (Å²) in [6.07, 6.45) is 0. The van der Waals surface area contributed by atoms with Crippen LogP contribution in [0, 0.1) is 0 Å². The van der Waals surface area contributed by atoms with Crippen LogP contribution < -0.4 is 15.2 Å². The van der Waals surface area contributed by atoms with Crippen LogP contribution in [0.25, 0.3) is 10.8 Å². The van der Waals surface area contributed by atoms with Gasteiger partial charge in [-0.25, -0.2) is 10.5 Å². The second-order valence-corrected chi connectivity index (χ2v) is 15.6. The van der Waals surface area contributed by atoms with Gasteiger partial charge in [0.05, 0.1) is 45.0 Å². The van der Waals surface area contributed by atoms with Gasteiger partial charge < -0.3 is 20.3 Å². The van der Waals surface area contributed by atoms with E-state index in [9.17, 15) is 35.3 Å². The monoisotopic (exact) mass is 929 g/mol. The first-order chi connectivity index (χ1) is 26.9. The van der Waals surface area contributed by atoms with Crippen molar-refractivity contribution < 1.29 is 73.3 Å². The molecule has 1 heterocycles. The number of rotatable bonds is 16. The lowest BCUT2D eigenvalue weighted by Gasteiger charge is -2.14. The Morgan fingerprint density at radius 3 is 2.00 bits per heavy atom. The largest absolute Gasteiger partial charge is 0.505 e. The van der Waals surface area contributed by atoms with Crippen molar-refractivity contribution in [2.24, 2.45) is 20.5 Å². The van der Waals surface area contributed by atoms with Crippen LogP contribution in [0.1, 0.15) is 0 Å². The molecular weight excluding hydrogens is 914 g/mol. The summed E-state index contributed by atoms with van der Waals surface area (Å²) >= 11 is 9.38. The highest BCUT2D eigenvalue weighted by Crippen LogP contribution is 2.50. The Morgan fingerprint density at radius 2 is 1.39 bits per heavy atom. The molecule has 0 aliphatic rings. The maximum atomic E-state index is 12.6. The number of aromatic hydroxyl groups is 1. The molecule has 5 rings (SSSR count). The number of anilines is 3. The average molecular weight is 931 g/mol. The number of halogens is 2. The van der Waals surface area contributed by atoms with Crippen LogP contribution in [0.5, 0.6) is 11.5 Å². The van der Waals surface area contributed by atoms with Gasteiger partial charge in [0.1, 0.15) is 38.3 Å². The van der Waals surface area contributed by atoms with E-state index in [2.05, 4.69) is 63.7 Å². The van der Waals surface area contributed by atoms with Crippen molar-refractivity contribution in [1.29, 1.82) is 0 Å². The Labute approximate surface area is 338 Å². The lowest BCUT2D eigenvalue weighted by Crippen LogP contribution is -2.01. The molecule has 57 heavy (non-hydrogen) atoms. The van der Waals surface area contributed by atoms with Gasteiger partial charge in [-0.3, -0.25) is 13.7 Å². The predicted octanol–water partition coefficient (Wildman–Crippen LogP) is 7.06. The van der Waals surface area contributed by atoms with Gasteiger partial charge in [-0.2, -0.15) is 36.0 Å². The van der Waals surface area contributed by atoms with Gasteiger partial charge in [0.2, 0.25) is 16.5 Å². The summed E-state index contributed by atoms with van der Waals surface area (Å²) in [7, 11) is -10.2. The van der Waals surface area contributed by atoms with Gasteiger partial charge in [0, 0.05) is 11.8 Å². The van der Waals surface area contributed by atoms with E-state index < -0.39 is 81.0 Å². The Balaban J connectivity index is 1.70. The SMILES string of the molecule is Nc1c(/N=N/c2cc(OS(=O)O)ccc2S(=O)(=O)O)c(SOOO)cc2cc(S(=O)(=O)O)c(N=Nc3cc(Nc4nc(Cl)nc(Cl)n4)ccc3SOOO)c(O)c12. The third-order valence-corrected chi connectivity index (χ3v) is 10.3. The van der Waals surface area contributed by atoms with Crippen molar-refractivity contribution in [3.63, 3.8) is 0 Å². The van der Waals surface area contributed by atoms with Crippen LogP contribution in [0.3, 0.4) is 0 Å². The Kier molecular flexibility index (Phi) is 14.1. The van der Waals surface area contributed by atoms with E-state index in [-0.39, 0.29) is 55.1 Å². The summed E-state index contributed by atoms with van der Waals surface area (Å²) in [4.78, 5) is 9.27. The van der Waals surface area contributed by atoms with Gasteiger partial charge >= 0.3 is 11.4 Å². The first-order valence-corrected chi connectivity index (χ1v) is 20.2. The zero-order valence-electron chi connectivity index (χ0n) is 26.9. The molecule has 0 aliphatic heterocycles. The first kappa shape index (κ1) is 43.6. The molecule has 0 fully saturated rings. The van der Waals surface area contributed by atoms with E-state index in [0.29, 0.717) is 12.0 Å². The number of hydrogen-bond acceptors (Lipinski definition) is 24. The minimum Gasteiger partial charge on any atom is -0.505 e. The molecule has 32 heteroatoms. The third-order valence-electron chi connectivity index (χ3n) is 6.59. The fourth-order valence-electron chi connectivity index (χ4n) is 4.46.